The molecule has 0 aliphatic heterocycles. The van der Waals surface area contributed by atoms with Crippen molar-refractivity contribution >= 4 is 40.9 Å². The smallest absolute Gasteiger partial charge is 0.224 e. The minimum Gasteiger partial charge on any atom is -0.355 e. The number of carbonyl (C=O) groups is 1. The minimum absolute atomic E-state index is 0.0584. The van der Waals surface area contributed by atoms with Crippen molar-refractivity contribution in [2.24, 2.45) is 0 Å². The molecule has 0 unspecified atom stereocenters. The molecule has 2 nitrogen and oxygen atoms in total. The molecular formula is C16H14Cl2FNOS. The van der Waals surface area contributed by atoms with E-state index in [1.54, 1.807) is 17.8 Å². The standard InChI is InChI=1S/C16H14Cl2FNOS/c17-11-4-6-12(7-5-11)22-9-8-20-16(21)10-13-14(18)2-1-3-15(13)19/h1-7H,8-10H2,(H,20,21). The molecule has 0 aliphatic rings. The number of thioether (sulfide) groups is 1. The molecule has 0 saturated carbocycles. The molecule has 0 aliphatic carbocycles. The van der Waals surface area contributed by atoms with E-state index >= 15 is 0 Å². The van der Waals surface area contributed by atoms with E-state index in [0.29, 0.717) is 11.6 Å². The van der Waals surface area contributed by atoms with Gasteiger partial charge >= 0.3 is 0 Å². The van der Waals surface area contributed by atoms with E-state index in [2.05, 4.69) is 5.32 Å². The third kappa shape index (κ3) is 5.20. The van der Waals surface area contributed by atoms with Gasteiger partial charge in [0, 0.05) is 32.8 Å². The molecule has 0 aromatic heterocycles. The second-order valence-corrected chi connectivity index (χ2v) is 6.54. The van der Waals surface area contributed by atoms with E-state index in [9.17, 15) is 9.18 Å². The van der Waals surface area contributed by atoms with E-state index < -0.39 is 5.82 Å². The number of hydrogen-bond donors (Lipinski definition) is 1. The van der Waals surface area contributed by atoms with Crippen LogP contribution in [0.2, 0.25) is 10.0 Å². The summed E-state index contributed by atoms with van der Waals surface area (Å²) in [7, 11) is 0. The van der Waals surface area contributed by atoms with Crippen LogP contribution in [0.1, 0.15) is 5.56 Å². The Morgan fingerprint density at radius 2 is 1.86 bits per heavy atom. The highest BCUT2D eigenvalue weighted by atomic mass is 35.5. The average molecular weight is 358 g/mol. The molecular weight excluding hydrogens is 344 g/mol. The molecule has 0 heterocycles. The normalized spacial score (nSPS) is 10.5. The molecule has 0 saturated heterocycles. The van der Waals surface area contributed by atoms with Crippen LogP contribution in [0.25, 0.3) is 0 Å². The molecule has 0 bridgehead atoms. The van der Waals surface area contributed by atoms with Crippen molar-refractivity contribution in [1.82, 2.24) is 5.32 Å². The van der Waals surface area contributed by atoms with Crippen LogP contribution in [0, 0.1) is 5.82 Å². The Morgan fingerprint density at radius 3 is 2.55 bits per heavy atom. The highest BCUT2D eigenvalue weighted by Gasteiger charge is 2.11. The topological polar surface area (TPSA) is 29.1 Å². The Labute approximate surface area is 143 Å². The van der Waals surface area contributed by atoms with Crippen LogP contribution in [-0.4, -0.2) is 18.2 Å². The average Bonchev–Trinajstić information content (AvgIpc) is 2.49. The van der Waals surface area contributed by atoms with Crippen molar-refractivity contribution in [1.29, 1.82) is 0 Å². The number of nitrogens with one attached hydrogen (secondary N) is 1. The molecule has 116 valence electrons. The van der Waals surface area contributed by atoms with Crippen molar-refractivity contribution in [3.05, 3.63) is 63.9 Å². The van der Waals surface area contributed by atoms with Crippen LogP contribution in [0.3, 0.4) is 0 Å². The van der Waals surface area contributed by atoms with Crippen molar-refractivity contribution in [3.8, 4) is 0 Å². The lowest BCUT2D eigenvalue weighted by molar-refractivity contribution is -0.120. The van der Waals surface area contributed by atoms with Crippen molar-refractivity contribution < 1.29 is 9.18 Å². The lowest BCUT2D eigenvalue weighted by atomic mass is 10.1. The zero-order valence-electron chi connectivity index (χ0n) is 11.6. The second-order valence-electron chi connectivity index (χ2n) is 4.53. The van der Waals surface area contributed by atoms with Gasteiger partial charge in [-0.25, -0.2) is 4.39 Å². The summed E-state index contributed by atoms with van der Waals surface area (Å²) in [5.74, 6) is 0.0140. The summed E-state index contributed by atoms with van der Waals surface area (Å²) in [5, 5.41) is 3.72. The first-order chi connectivity index (χ1) is 10.6. The monoisotopic (exact) mass is 357 g/mol. The number of halogens is 3. The predicted molar refractivity (Wildman–Crippen MR) is 90.3 cm³/mol. The maximum absolute atomic E-state index is 13.6. The van der Waals surface area contributed by atoms with E-state index in [4.69, 9.17) is 23.2 Å². The molecule has 0 fully saturated rings. The Hall–Kier alpha value is -1.23. The lowest BCUT2D eigenvalue weighted by Crippen LogP contribution is -2.27. The Balaban J connectivity index is 1.75. The summed E-state index contributed by atoms with van der Waals surface area (Å²) >= 11 is 13.3. The second kappa shape index (κ2) is 8.42. The van der Waals surface area contributed by atoms with E-state index in [1.165, 1.54) is 12.1 Å². The van der Waals surface area contributed by atoms with Crippen LogP contribution < -0.4 is 5.32 Å². The maximum Gasteiger partial charge on any atom is 0.224 e. The minimum atomic E-state index is -0.460. The predicted octanol–water partition coefficient (Wildman–Crippen LogP) is 4.58. The van der Waals surface area contributed by atoms with Crippen molar-refractivity contribution in [2.45, 2.75) is 11.3 Å². The molecule has 2 rings (SSSR count). The first kappa shape index (κ1) is 17.1. The van der Waals surface area contributed by atoms with Gasteiger partial charge < -0.3 is 5.32 Å². The van der Waals surface area contributed by atoms with E-state index in [0.717, 1.165) is 10.6 Å². The lowest BCUT2D eigenvalue weighted by Gasteiger charge is -2.07. The highest BCUT2D eigenvalue weighted by Crippen LogP contribution is 2.20. The fourth-order valence-electron chi connectivity index (χ4n) is 1.81. The van der Waals surface area contributed by atoms with Gasteiger partial charge in [-0.3, -0.25) is 4.79 Å². The number of amides is 1. The van der Waals surface area contributed by atoms with Gasteiger partial charge in [0.05, 0.1) is 6.42 Å². The maximum atomic E-state index is 13.6. The molecule has 0 spiro atoms. The summed E-state index contributed by atoms with van der Waals surface area (Å²) < 4.78 is 13.6. The molecule has 0 atom stereocenters. The molecule has 1 N–H and O–H groups in total. The SMILES string of the molecule is O=C(Cc1c(F)cccc1Cl)NCCSc1ccc(Cl)cc1. The van der Waals surface area contributed by atoms with Gasteiger partial charge in [-0.1, -0.05) is 29.3 Å². The van der Waals surface area contributed by atoms with Gasteiger partial charge in [-0.15, -0.1) is 11.8 Å². The van der Waals surface area contributed by atoms with Gasteiger partial charge in [0.1, 0.15) is 5.82 Å². The molecule has 22 heavy (non-hydrogen) atoms. The largest absolute Gasteiger partial charge is 0.355 e. The molecule has 6 heteroatoms. The van der Waals surface area contributed by atoms with Gasteiger partial charge in [0.15, 0.2) is 0 Å². The number of hydrogen-bond acceptors (Lipinski definition) is 2. The third-order valence-electron chi connectivity index (χ3n) is 2.91. The zero-order valence-corrected chi connectivity index (χ0v) is 13.9. The van der Waals surface area contributed by atoms with Crippen LogP contribution in [0.4, 0.5) is 4.39 Å². The summed E-state index contributed by atoms with van der Waals surface area (Å²) in [6, 6.07) is 11.9. The van der Waals surface area contributed by atoms with Gasteiger partial charge in [-0.2, -0.15) is 0 Å². The van der Waals surface area contributed by atoms with E-state index in [1.807, 2.05) is 24.3 Å². The van der Waals surface area contributed by atoms with Gasteiger partial charge in [-0.05, 0) is 36.4 Å². The van der Waals surface area contributed by atoms with E-state index in [-0.39, 0.29) is 22.9 Å². The Kier molecular flexibility index (Phi) is 6.55. The van der Waals surface area contributed by atoms with Crippen LogP contribution in [0.5, 0.6) is 0 Å². The number of benzene rings is 2. The summed E-state index contributed by atoms with van der Waals surface area (Å²) in [5.41, 5.74) is 0.229. The Morgan fingerprint density at radius 1 is 1.14 bits per heavy atom. The molecule has 2 aromatic rings. The van der Waals surface area contributed by atoms with Crippen molar-refractivity contribution in [2.75, 3.05) is 12.3 Å². The number of carbonyl (C=O) groups excluding carboxylic acids is 1. The molecule has 1 amide bonds. The summed E-state index contributed by atoms with van der Waals surface area (Å²) in [6.45, 7) is 0.498. The van der Waals surface area contributed by atoms with Crippen LogP contribution >= 0.6 is 35.0 Å². The fraction of sp³-hybridized carbons (Fsp3) is 0.188. The highest BCUT2D eigenvalue weighted by molar-refractivity contribution is 7.99. The van der Waals surface area contributed by atoms with Crippen LogP contribution in [0.15, 0.2) is 47.4 Å². The number of rotatable bonds is 6. The first-order valence-electron chi connectivity index (χ1n) is 6.64. The molecule has 2 aromatic carbocycles. The summed E-state index contributed by atoms with van der Waals surface area (Å²) in [6.07, 6.45) is -0.0584. The first-order valence-corrected chi connectivity index (χ1v) is 8.38. The van der Waals surface area contributed by atoms with Crippen LogP contribution in [-0.2, 0) is 11.2 Å². The van der Waals surface area contributed by atoms with Crippen molar-refractivity contribution in [3.63, 3.8) is 0 Å². The zero-order chi connectivity index (χ0) is 15.9. The summed E-state index contributed by atoms with van der Waals surface area (Å²) in [4.78, 5) is 12.9. The van der Waals surface area contributed by atoms with Gasteiger partial charge in [0.25, 0.3) is 0 Å². The quantitative estimate of drug-likeness (QED) is 0.605. The fourth-order valence-corrected chi connectivity index (χ4v) is 2.94. The molecule has 0 radical (unpaired) electrons. The third-order valence-corrected chi connectivity index (χ3v) is 4.53. The Bertz CT molecular complexity index is 629. The van der Waals surface area contributed by atoms with Gasteiger partial charge in [0.2, 0.25) is 5.91 Å².